The largest absolute Gasteiger partial charge is 0.371 e. The lowest BCUT2D eigenvalue weighted by Gasteiger charge is -2.36. The van der Waals surface area contributed by atoms with Gasteiger partial charge in [-0.25, -0.2) is 0 Å². The summed E-state index contributed by atoms with van der Waals surface area (Å²) in [5.41, 5.74) is 1.88. The number of benzene rings is 1. The summed E-state index contributed by atoms with van der Waals surface area (Å²) < 4.78 is 0. The Morgan fingerprint density at radius 2 is 1.95 bits per heavy atom. The molecule has 1 unspecified atom stereocenters. The second-order valence-corrected chi connectivity index (χ2v) is 6.29. The summed E-state index contributed by atoms with van der Waals surface area (Å²) in [5.74, 6) is 0. The zero-order chi connectivity index (χ0) is 14.3. The molecule has 0 bridgehead atoms. The zero-order valence-electron chi connectivity index (χ0n) is 13.2. The molecule has 0 spiro atoms. The fraction of sp³-hybridized carbons (Fsp3) is 0.667. The molecule has 1 saturated heterocycles. The van der Waals surface area contributed by atoms with Crippen LogP contribution in [0.3, 0.4) is 0 Å². The Kier molecular flexibility index (Phi) is 5.90. The number of hydrogen-bond acceptors (Lipinski definition) is 2. The van der Waals surface area contributed by atoms with Gasteiger partial charge in [0.2, 0.25) is 0 Å². The zero-order valence-corrected chi connectivity index (χ0v) is 13.2. The van der Waals surface area contributed by atoms with Crippen LogP contribution >= 0.6 is 0 Å². The highest BCUT2D eigenvalue weighted by Gasteiger charge is 2.34. The van der Waals surface area contributed by atoms with E-state index in [1.165, 1.54) is 64.0 Å². The first-order chi connectivity index (χ1) is 9.79. The molecule has 2 nitrogen and oxygen atoms in total. The fourth-order valence-electron chi connectivity index (χ4n) is 3.45. The van der Waals surface area contributed by atoms with Crippen molar-refractivity contribution >= 4 is 5.69 Å². The maximum absolute atomic E-state index is 3.58. The standard InChI is InChI=1S/C18H30N2/c1-3-5-14-20(17-9-7-6-8-10-17)16-18(11-4-2)12-13-19-15-18/h6-10,19H,3-5,11-16H2,1-2H3. The van der Waals surface area contributed by atoms with Gasteiger partial charge in [0.05, 0.1) is 0 Å². The summed E-state index contributed by atoms with van der Waals surface area (Å²) in [6, 6.07) is 11.0. The number of nitrogens with one attached hydrogen (secondary N) is 1. The van der Waals surface area contributed by atoms with Gasteiger partial charge in [-0.05, 0) is 37.9 Å². The molecule has 1 atom stereocenters. The quantitative estimate of drug-likeness (QED) is 0.768. The van der Waals surface area contributed by atoms with Crippen molar-refractivity contribution in [3.8, 4) is 0 Å². The molecule has 112 valence electrons. The SMILES string of the molecule is CCCCN(CC1(CCC)CCNC1)c1ccccc1. The molecular weight excluding hydrogens is 244 g/mol. The minimum absolute atomic E-state index is 0.484. The highest BCUT2D eigenvalue weighted by Crippen LogP contribution is 2.33. The van der Waals surface area contributed by atoms with Crippen molar-refractivity contribution in [2.45, 2.75) is 46.0 Å². The molecule has 1 aromatic carbocycles. The molecule has 20 heavy (non-hydrogen) atoms. The Balaban J connectivity index is 2.10. The van der Waals surface area contributed by atoms with Crippen molar-refractivity contribution < 1.29 is 0 Å². The van der Waals surface area contributed by atoms with Crippen molar-refractivity contribution in [3.05, 3.63) is 30.3 Å². The highest BCUT2D eigenvalue weighted by atomic mass is 15.1. The Bertz CT molecular complexity index is 368. The van der Waals surface area contributed by atoms with Crippen molar-refractivity contribution in [1.82, 2.24) is 5.32 Å². The number of nitrogens with zero attached hydrogens (tertiary/aromatic N) is 1. The van der Waals surface area contributed by atoms with Gasteiger partial charge in [-0.2, -0.15) is 0 Å². The normalized spacial score (nSPS) is 22.1. The van der Waals surface area contributed by atoms with E-state index in [2.05, 4.69) is 54.4 Å². The molecular formula is C18H30N2. The average molecular weight is 274 g/mol. The third-order valence-corrected chi connectivity index (χ3v) is 4.54. The topological polar surface area (TPSA) is 15.3 Å². The number of unbranched alkanes of at least 4 members (excludes halogenated alkanes) is 1. The van der Waals surface area contributed by atoms with Crippen LogP contribution in [0.1, 0.15) is 46.0 Å². The Morgan fingerprint density at radius 3 is 2.55 bits per heavy atom. The van der Waals surface area contributed by atoms with E-state index in [9.17, 15) is 0 Å². The third-order valence-electron chi connectivity index (χ3n) is 4.54. The summed E-state index contributed by atoms with van der Waals surface area (Å²) in [6.45, 7) is 9.37. The Labute approximate surface area is 124 Å². The summed E-state index contributed by atoms with van der Waals surface area (Å²) in [5, 5.41) is 3.58. The van der Waals surface area contributed by atoms with Crippen molar-refractivity contribution in [2.24, 2.45) is 5.41 Å². The molecule has 1 N–H and O–H groups in total. The molecule has 2 heteroatoms. The smallest absolute Gasteiger partial charge is 0.0366 e. The number of rotatable bonds is 8. The first-order valence-electron chi connectivity index (χ1n) is 8.30. The third kappa shape index (κ3) is 3.99. The Hall–Kier alpha value is -1.02. The van der Waals surface area contributed by atoms with E-state index >= 15 is 0 Å². The van der Waals surface area contributed by atoms with Gasteiger partial charge in [-0.15, -0.1) is 0 Å². The summed E-state index contributed by atoms with van der Waals surface area (Å²) in [7, 11) is 0. The van der Waals surface area contributed by atoms with E-state index in [1.807, 2.05) is 0 Å². The van der Waals surface area contributed by atoms with Gasteiger partial charge in [-0.3, -0.25) is 0 Å². The van der Waals surface area contributed by atoms with E-state index in [1.54, 1.807) is 0 Å². The minimum Gasteiger partial charge on any atom is -0.371 e. The van der Waals surface area contributed by atoms with Gasteiger partial charge in [0.25, 0.3) is 0 Å². The summed E-state index contributed by atoms with van der Waals surface area (Å²) in [4.78, 5) is 2.62. The summed E-state index contributed by atoms with van der Waals surface area (Å²) in [6.07, 6.45) is 6.51. The number of para-hydroxylation sites is 1. The second-order valence-electron chi connectivity index (χ2n) is 6.29. The molecule has 0 radical (unpaired) electrons. The second kappa shape index (κ2) is 7.68. The van der Waals surface area contributed by atoms with Crippen LogP contribution in [0.5, 0.6) is 0 Å². The van der Waals surface area contributed by atoms with Gasteiger partial charge in [0, 0.05) is 30.7 Å². The van der Waals surface area contributed by atoms with Gasteiger partial charge in [0.1, 0.15) is 0 Å². The van der Waals surface area contributed by atoms with Crippen molar-refractivity contribution in [3.63, 3.8) is 0 Å². The maximum atomic E-state index is 3.58. The molecule has 2 rings (SSSR count). The number of anilines is 1. The first kappa shape index (κ1) is 15.4. The molecule has 1 aliphatic rings. The maximum Gasteiger partial charge on any atom is 0.0366 e. The fourth-order valence-corrected chi connectivity index (χ4v) is 3.45. The van der Waals surface area contributed by atoms with Crippen LogP contribution in [0.15, 0.2) is 30.3 Å². The van der Waals surface area contributed by atoms with E-state index in [-0.39, 0.29) is 0 Å². The van der Waals surface area contributed by atoms with Gasteiger partial charge in [0.15, 0.2) is 0 Å². The van der Waals surface area contributed by atoms with E-state index in [0.717, 1.165) is 0 Å². The van der Waals surface area contributed by atoms with Crippen LogP contribution in [0.25, 0.3) is 0 Å². The molecule has 1 aliphatic heterocycles. The molecule has 1 fully saturated rings. The van der Waals surface area contributed by atoms with Crippen molar-refractivity contribution in [1.29, 1.82) is 0 Å². The molecule has 0 aromatic heterocycles. The lowest BCUT2D eigenvalue weighted by atomic mass is 9.81. The van der Waals surface area contributed by atoms with Crippen molar-refractivity contribution in [2.75, 3.05) is 31.1 Å². The lowest BCUT2D eigenvalue weighted by Crippen LogP contribution is -2.40. The Morgan fingerprint density at radius 1 is 1.15 bits per heavy atom. The molecule has 0 aliphatic carbocycles. The van der Waals surface area contributed by atoms with E-state index in [4.69, 9.17) is 0 Å². The predicted octanol–water partition coefficient (Wildman–Crippen LogP) is 4.07. The lowest BCUT2D eigenvalue weighted by molar-refractivity contribution is 0.294. The molecule has 0 saturated carbocycles. The minimum atomic E-state index is 0.484. The van der Waals surface area contributed by atoms with Gasteiger partial charge >= 0.3 is 0 Å². The van der Waals surface area contributed by atoms with Gasteiger partial charge < -0.3 is 10.2 Å². The predicted molar refractivity (Wildman–Crippen MR) is 88.4 cm³/mol. The average Bonchev–Trinajstić information content (AvgIpc) is 2.93. The van der Waals surface area contributed by atoms with Crippen LogP contribution < -0.4 is 10.2 Å². The highest BCUT2D eigenvalue weighted by molar-refractivity contribution is 5.46. The van der Waals surface area contributed by atoms with E-state index in [0.29, 0.717) is 5.41 Å². The molecule has 1 heterocycles. The van der Waals surface area contributed by atoms with Crippen LogP contribution in [0, 0.1) is 5.41 Å². The van der Waals surface area contributed by atoms with Crippen LogP contribution in [-0.2, 0) is 0 Å². The van der Waals surface area contributed by atoms with Crippen LogP contribution in [0.4, 0.5) is 5.69 Å². The molecule has 0 amide bonds. The van der Waals surface area contributed by atoms with E-state index < -0.39 is 0 Å². The number of hydrogen-bond donors (Lipinski definition) is 1. The van der Waals surface area contributed by atoms with Crippen LogP contribution in [-0.4, -0.2) is 26.2 Å². The van der Waals surface area contributed by atoms with Gasteiger partial charge in [-0.1, -0.05) is 44.9 Å². The monoisotopic (exact) mass is 274 g/mol. The molecule has 1 aromatic rings. The summed E-state index contributed by atoms with van der Waals surface area (Å²) >= 11 is 0. The first-order valence-corrected chi connectivity index (χ1v) is 8.30. The van der Waals surface area contributed by atoms with Crippen LogP contribution in [0.2, 0.25) is 0 Å².